The van der Waals surface area contributed by atoms with Crippen LogP contribution >= 0.6 is 0 Å². The molecule has 5 nitrogen and oxygen atoms in total. The van der Waals surface area contributed by atoms with E-state index in [1.165, 1.54) is 13.0 Å². The first-order valence-corrected chi connectivity index (χ1v) is 10.7. The highest BCUT2D eigenvalue weighted by molar-refractivity contribution is 6.04. The van der Waals surface area contributed by atoms with E-state index in [2.05, 4.69) is 10.3 Å². The Morgan fingerprint density at radius 1 is 0.973 bits per heavy atom. The van der Waals surface area contributed by atoms with Crippen molar-refractivity contribution in [3.05, 3.63) is 82.4 Å². The molecule has 12 heteroatoms. The average molecular weight is 526 g/mol. The highest BCUT2D eigenvalue weighted by Crippen LogP contribution is 2.50. The van der Waals surface area contributed by atoms with Gasteiger partial charge < -0.3 is 10.4 Å². The van der Waals surface area contributed by atoms with Gasteiger partial charge in [0.25, 0.3) is 0 Å². The lowest BCUT2D eigenvalue weighted by Gasteiger charge is -2.19. The van der Waals surface area contributed by atoms with E-state index < -0.39 is 46.7 Å². The zero-order valence-electron chi connectivity index (χ0n) is 18.9. The third-order valence-corrected chi connectivity index (χ3v) is 6.16. The molecule has 1 saturated carbocycles. The van der Waals surface area contributed by atoms with Crippen LogP contribution in [0.3, 0.4) is 0 Å². The van der Waals surface area contributed by atoms with E-state index in [0.717, 1.165) is 24.4 Å². The lowest BCUT2D eigenvalue weighted by molar-refractivity contribution is -0.141. The fraction of sp³-hybridized carbons (Fsp3) is 0.240. The number of anilines is 1. The fourth-order valence-corrected chi connectivity index (χ4v) is 4.19. The third kappa shape index (κ3) is 5.00. The predicted molar refractivity (Wildman–Crippen MR) is 117 cm³/mol. The summed E-state index contributed by atoms with van der Waals surface area (Å²) in [5, 5.41) is 12.2. The van der Waals surface area contributed by atoms with Crippen LogP contribution in [0, 0.1) is 12.7 Å². The van der Waals surface area contributed by atoms with Gasteiger partial charge in [0.2, 0.25) is 5.91 Å². The molecule has 2 N–H and O–H groups in total. The zero-order chi connectivity index (χ0) is 27.3. The van der Waals surface area contributed by atoms with E-state index in [4.69, 9.17) is 0 Å². The van der Waals surface area contributed by atoms with E-state index >= 15 is 0 Å². The van der Waals surface area contributed by atoms with Gasteiger partial charge in [0, 0.05) is 28.6 Å². The van der Waals surface area contributed by atoms with Crippen LogP contribution in [0.5, 0.6) is 0 Å². The number of carbonyl (C=O) groups excluding carboxylic acids is 1. The van der Waals surface area contributed by atoms with Crippen molar-refractivity contribution in [1.82, 2.24) is 4.98 Å². The van der Waals surface area contributed by atoms with Crippen LogP contribution in [0.4, 0.5) is 36.4 Å². The fourth-order valence-electron chi connectivity index (χ4n) is 4.19. The maximum Gasteiger partial charge on any atom is 0.433 e. The van der Waals surface area contributed by atoms with Gasteiger partial charge in [-0.1, -0.05) is 12.1 Å². The maximum atomic E-state index is 14.6. The Hall–Kier alpha value is -3.96. The zero-order valence-corrected chi connectivity index (χ0v) is 18.9. The standard InChI is InChI=1S/C25H17F7N2O3/c1-12-8-15(10-16(21(35)36)20(12)13-2-5-19(33-11-13)25(30,31)32)34-22(37)23(6-7-23)17-4-3-14(9-18(17)26)24(27,28)29/h2-5,8-11H,6-7H2,1H3,(H,34,37)(H,35,36). The molecule has 0 unspecified atom stereocenters. The number of carboxylic acids is 1. The number of hydrogen-bond donors (Lipinski definition) is 2. The minimum atomic E-state index is -4.76. The average Bonchev–Trinajstić information content (AvgIpc) is 3.59. The number of benzene rings is 2. The van der Waals surface area contributed by atoms with E-state index in [0.29, 0.717) is 23.8 Å². The van der Waals surface area contributed by atoms with Crippen molar-refractivity contribution in [2.75, 3.05) is 5.32 Å². The van der Waals surface area contributed by atoms with E-state index in [9.17, 15) is 45.4 Å². The molecule has 0 spiro atoms. The van der Waals surface area contributed by atoms with E-state index in [1.807, 2.05) is 0 Å². The molecule has 1 fully saturated rings. The highest BCUT2D eigenvalue weighted by atomic mass is 19.4. The molecule has 0 bridgehead atoms. The molecule has 4 rings (SSSR count). The van der Waals surface area contributed by atoms with Crippen LogP contribution in [0.15, 0.2) is 48.7 Å². The van der Waals surface area contributed by atoms with Crippen LogP contribution in [0.25, 0.3) is 11.1 Å². The topological polar surface area (TPSA) is 79.3 Å². The number of aromatic carboxylic acids is 1. The summed E-state index contributed by atoms with van der Waals surface area (Å²) in [7, 11) is 0. The molecule has 1 aliphatic carbocycles. The van der Waals surface area contributed by atoms with Gasteiger partial charge in [-0.2, -0.15) is 26.3 Å². The van der Waals surface area contributed by atoms with Crippen LogP contribution in [0.2, 0.25) is 0 Å². The summed E-state index contributed by atoms with van der Waals surface area (Å²) >= 11 is 0. The number of halogens is 7. The van der Waals surface area contributed by atoms with Crippen LogP contribution in [-0.4, -0.2) is 22.0 Å². The first-order chi connectivity index (χ1) is 17.1. The van der Waals surface area contributed by atoms with E-state index in [-0.39, 0.29) is 40.8 Å². The first kappa shape index (κ1) is 26.1. The Balaban J connectivity index is 1.65. The molecule has 1 heterocycles. The molecule has 1 aromatic heterocycles. The van der Waals surface area contributed by atoms with Gasteiger partial charge in [-0.05, 0) is 55.7 Å². The molecule has 2 aromatic carbocycles. The number of carboxylic acid groups (broad SMARTS) is 1. The van der Waals surface area contributed by atoms with Gasteiger partial charge in [-0.15, -0.1) is 0 Å². The summed E-state index contributed by atoms with van der Waals surface area (Å²) in [5.74, 6) is -3.34. The number of aromatic nitrogens is 1. The van der Waals surface area contributed by atoms with Gasteiger partial charge in [0.15, 0.2) is 0 Å². The summed E-state index contributed by atoms with van der Waals surface area (Å²) in [4.78, 5) is 28.3. The molecule has 0 radical (unpaired) electrons. The van der Waals surface area contributed by atoms with Crippen molar-refractivity contribution in [1.29, 1.82) is 0 Å². The van der Waals surface area contributed by atoms with Crippen molar-refractivity contribution in [2.24, 2.45) is 0 Å². The Kier molecular flexibility index (Phi) is 6.25. The largest absolute Gasteiger partial charge is 0.478 e. The second kappa shape index (κ2) is 8.86. The maximum absolute atomic E-state index is 14.6. The SMILES string of the molecule is Cc1cc(NC(=O)C2(c3ccc(C(F)(F)F)cc3F)CC2)cc(C(=O)O)c1-c1ccc(C(F)(F)F)nc1. The number of hydrogen-bond acceptors (Lipinski definition) is 3. The predicted octanol–water partition coefficient (Wildman–Crippen LogP) is 6.60. The molecular weight excluding hydrogens is 509 g/mol. The normalized spacial score (nSPS) is 14.8. The number of pyridine rings is 1. The number of nitrogens with one attached hydrogen (secondary N) is 1. The summed E-state index contributed by atoms with van der Waals surface area (Å²) in [5.41, 5.74) is -3.80. The molecule has 1 aliphatic rings. The number of alkyl halides is 6. The Morgan fingerprint density at radius 3 is 2.14 bits per heavy atom. The molecule has 1 amide bonds. The lowest BCUT2D eigenvalue weighted by Crippen LogP contribution is -2.29. The van der Waals surface area contributed by atoms with Crippen molar-refractivity contribution in [2.45, 2.75) is 37.5 Å². The van der Waals surface area contributed by atoms with Gasteiger partial charge in [-0.25, -0.2) is 9.18 Å². The minimum Gasteiger partial charge on any atom is -0.478 e. The molecular formula is C25H17F7N2O3. The molecule has 37 heavy (non-hydrogen) atoms. The summed E-state index contributed by atoms with van der Waals surface area (Å²) in [6.45, 7) is 1.48. The molecule has 194 valence electrons. The molecule has 0 atom stereocenters. The van der Waals surface area contributed by atoms with Crippen molar-refractivity contribution in [3.8, 4) is 11.1 Å². The van der Waals surface area contributed by atoms with Crippen LogP contribution < -0.4 is 5.32 Å². The van der Waals surface area contributed by atoms with Crippen molar-refractivity contribution in [3.63, 3.8) is 0 Å². The Labute approximate surface area is 205 Å². The van der Waals surface area contributed by atoms with E-state index in [1.54, 1.807) is 0 Å². The third-order valence-electron chi connectivity index (χ3n) is 6.16. The van der Waals surface area contributed by atoms with Gasteiger partial charge in [0.1, 0.15) is 11.5 Å². The summed E-state index contributed by atoms with van der Waals surface area (Å²) in [6, 6.07) is 6.20. The van der Waals surface area contributed by atoms with Crippen LogP contribution in [0.1, 0.15) is 45.6 Å². The van der Waals surface area contributed by atoms with Gasteiger partial charge >= 0.3 is 18.3 Å². The Morgan fingerprint density at radius 2 is 1.65 bits per heavy atom. The minimum absolute atomic E-state index is 0.0158. The smallest absolute Gasteiger partial charge is 0.433 e. The molecule has 0 saturated heterocycles. The monoisotopic (exact) mass is 526 g/mol. The van der Waals surface area contributed by atoms with Crippen LogP contribution in [-0.2, 0) is 22.6 Å². The first-order valence-electron chi connectivity index (χ1n) is 10.7. The van der Waals surface area contributed by atoms with Gasteiger partial charge in [0.05, 0.1) is 16.5 Å². The number of carbonyl (C=O) groups is 2. The number of aryl methyl sites for hydroxylation is 1. The highest BCUT2D eigenvalue weighted by Gasteiger charge is 2.53. The lowest BCUT2D eigenvalue weighted by atomic mass is 9.92. The summed E-state index contributed by atoms with van der Waals surface area (Å²) in [6.07, 6.45) is -8.21. The number of rotatable bonds is 5. The van der Waals surface area contributed by atoms with Gasteiger partial charge in [-0.3, -0.25) is 9.78 Å². The second-order valence-corrected chi connectivity index (χ2v) is 8.68. The summed E-state index contributed by atoms with van der Waals surface area (Å²) < 4.78 is 91.7. The Bertz CT molecular complexity index is 1390. The van der Waals surface area contributed by atoms with Crippen molar-refractivity contribution < 1.29 is 45.4 Å². The second-order valence-electron chi connectivity index (χ2n) is 8.68. The molecule has 3 aromatic rings. The van der Waals surface area contributed by atoms with Crippen molar-refractivity contribution >= 4 is 17.6 Å². The molecule has 0 aliphatic heterocycles. The number of nitrogens with zero attached hydrogens (tertiary/aromatic N) is 1. The quantitative estimate of drug-likeness (QED) is 0.367. The number of amides is 1.